The van der Waals surface area contributed by atoms with E-state index in [9.17, 15) is 4.79 Å². The molecule has 0 aliphatic carbocycles. The van der Waals surface area contributed by atoms with Gasteiger partial charge in [-0.15, -0.1) is 0 Å². The summed E-state index contributed by atoms with van der Waals surface area (Å²) >= 11 is 0. The van der Waals surface area contributed by atoms with E-state index in [4.69, 9.17) is 0 Å². The molecule has 1 heteroatoms. The molecule has 0 N–H and O–H groups in total. The molecule has 0 saturated carbocycles. The lowest BCUT2D eigenvalue weighted by Crippen LogP contribution is -2.01. The van der Waals surface area contributed by atoms with Crippen molar-refractivity contribution in [1.82, 2.24) is 0 Å². The summed E-state index contributed by atoms with van der Waals surface area (Å²) in [7, 11) is 0. The average Bonchev–Trinajstić information content (AvgIpc) is 2.16. The van der Waals surface area contributed by atoms with Crippen molar-refractivity contribution in [3.63, 3.8) is 0 Å². The summed E-state index contributed by atoms with van der Waals surface area (Å²) in [6.07, 6.45) is 13.6. The second-order valence-electron chi connectivity index (χ2n) is 3.52. The Morgan fingerprint density at radius 2 is 1.79 bits per heavy atom. The van der Waals surface area contributed by atoms with Crippen molar-refractivity contribution in [3.05, 3.63) is 36.5 Å². The van der Waals surface area contributed by atoms with E-state index in [1.54, 1.807) is 12.2 Å². The predicted octanol–water partition coefficient (Wildman–Crippen LogP) is 3.68. The van der Waals surface area contributed by atoms with Crippen LogP contribution in [0.3, 0.4) is 0 Å². The summed E-state index contributed by atoms with van der Waals surface area (Å²) < 4.78 is 0. The third-order valence-electron chi connectivity index (χ3n) is 1.75. The first kappa shape index (κ1) is 12.9. The highest BCUT2D eigenvalue weighted by atomic mass is 16.1. The molecular formula is C13H20O. The van der Waals surface area contributed by atoms with Crippen LogP contribution in [0.4, 0.5) is 0 Å². The van der Waals surface area contributed by atoms with Gasteiger partial charge in [0.25, 0.3) is 0 Å². The Morgan fingerprint density at radius 3 is 2.36 bits per heavy atom. The summed E-state index contributed by atoms with van der Waals surface area (Å²) in [6, 6.07) is 0. The van der Waals surface area contributed by atoms with Gasteiger partial charge in [-0.05, 0) is 12.5 Å². The van der Waals surface area contributed by atoms with Crippen molar-refractivity contribution in [2.45, 2.75) is 33.6 Å². The van der Waals surface area contributed by atoms with Gasteiger partial charge >= 0.3 is 0 Å². The minimum atomic E-state index is 0.0929. The quantitative estimate of drug-likeness (QED) is 0.463. The van der Waals surface area contributed by atoms with Gasteiger partial charge in [0.15, 0.2) is 5.78 Å². The second kappa shape index (κ2) is 8.49. The molecule has 0 rings (SSSR count). The van der Waals surface area contributed by atoms with Gasteiger partial charge in [0.1, 0.15) is 0 Å². The van der Waals surface area contributed by atoms with Crippen LogP contribution in [0.1, 0.15) is 33.6 Å². The van der Waals surface area contributed by atoms with Gasteiger partial charge in [-0.3, -0.25) is 4.79 Å². The van der Waals surface area contributed by atoms with Gasteiger partial charge in [-0.1, -0.05) is 57.6 Å². The summed E-state index contributed by atoms with van der Waals surface area (Å²) in [5, 5.41) is 0. The van der Waals surface area contributed by atoms with E-state index in [1.165, 1.54) is 6.42 Å². The van der Waals surface area contributed by atoms with E-state index in [-0.39, 0.29) is 11.7 Å². The number of rotatable bonds is 6. The molecule has 0 aliphatic rings. The Labute approximate surface area is 87.2 Å². The lowest BCUT2D eigenvalue weighted by Gasteiger charge is -1.94. The number of ketones is 1. The maximum Gasteiger partial charge on any atom is 0.158 e. The number of unbranched alkanes of at least 4 members (excludes halogenated alkanes) is 1. The van der Waals surface area contributed by atoms with Crippen LogP contribution >= 0.6 is 0 Å². The van der Waals surface area contributed by atoms with Crippen LogP contribution in [0.5, 0.6) is 0 Å². The number of hydrogen-bond acceptors (Lipinski definition) is 1. The minimum absolute atomic E-state index is 0.0929. The smallest absolute Gasteiger partial charge is 0.158 e. The van der Waals surface area contributed by atoms with Crippen LogP contribution in [0.15, 0.2) is 36.5 Å². The van der Waals surface area contributed by atoms with Crippen molar-refractivity contribution in [2.24, 2.45) is 5.92 Å². The fraction of sp³-hybridized carbons (Fsp3) is 0.462. The lowest BCUT2D eigenvalue weighted by atomic mass is 10.1. The van der Waals surface area contributed by atoms with Gasteiger partial charge < -0.3 is 0 Å². The van der Waals surface area contributed by atoms with E-state index in [2.05, 4.69) is 13.0 Å². The van der Waals surface area contributed by atoms with Gasteiger partial charge in [0.2, 0.25) is 0 Å². The highest BCUT2D eigenvalue weighted by Gasteiger charge is 1.99. The minimum Gasteiger partial charge on any atom is -0.295 e. The maximum absolute atomic E-state index is 11.1. The van der Waals surface area contributed by atoms with Crippen LogP contribution in [0, 0.1) is 5.92 Å². The molecule has 0 amide bonds. The number of carbonyl (C=O) groups is 1. The van der Waals surface area contributed by atoms with Crippen LogP contribution < -0.4 is 0 Å². The molecule has 0 heterocycles. The molecule has 0 aromatic carbocycles. The molecule has 78 valence electrons. The van der Waals surface area contributed by atoms with Crippen LogP contribution in [-0.4, -0.2) is 5.78 Å². The predicted molar refractivity (Wildman–Crippen MR) is 62.2 cm³/mol. The largest absolute Gasteiger partial charge is 0.295 e. The third kappa shape index (κ3) is 7.53. The Bertz CT molecular complexity index is 232. The molecule has 0 bridgehead atoms. The Kier molecular flexibility index (Phi) is 7.81. The van der Waals surface area contributed by atoms with Gasteiger partial charge in [-0.2, -0.15) is 0 Å². The Morgan fingerprint density at radius 1 is 1.14 bits per heavy atom. The molecule has 0 unspecified atom stereocenters. The van der Waals surface area contributed by atoms with Crippen molar-refractivity contribution in [1.29, 1.82) is 0 Å². The first-order chi connectivity index (χ1) is 6.68. The standard InChI is InChI=1S/C13H20O/c1-4-5-6-7-8-9-10-11-13(14)12(2)3/h6-12H,4-5H2,1-3H3. The highest BCUT2D eigenvalue weighted by molar-refractivity contribution is 5.91. The maximum atomic E-state index is 11.1. The highest BCUT2D eigenvalue weighted by Crippen LogP contribution is 1.95. The van der Waals surface area contributed by atoms with Crippen molar-refractivity contribution >= 4 is 5.78 Å². The third-order valence-corrected chi connectivity index (χ3v) is 1.75. The Hall–Kier alpha value is -1.11. The number of carbonyl (C=O) groups excluding carboxylic acids is 1. The fourth-order valence-corrected chi connectivity index (χ4v) is 0.813. The molecular weight excluding hydrogens is 172 g/mol. The number of hydrogen-bond donors (Lipinski definition) is 0. The van der Waals surface area contributed by atoms with Crippen LogP contribution in [0.25, 0.3) is 0 Å². The molecule has 0 atom stereocenters. The number of allylic oxidation sites excluding steroid dienone is 6. The summed E-state index contributed by atoms with van der Waals surface area (Å²) in [5.74, 6) is 0.266. The zero-order valence-electron chi connectivity index (χ0n) is 9.36. The zero-order valence-corrected chi connectivity index (χ0v) is 9.36. The van der Waals surface area contributed by atoms with E-state index >= 15 is 0 Å². The van der Waals surface area contributed by atoms with Crippen molar-refractivity contribution in [2.75, 3.05) is 0 Å². The zero-order chi connectivity index (χ0) is 10.8. The van der Waals surface area contributed by atoms with E-state index in [0.29, 0.717) is 0 Å². The lowest BCUT2D eigenvalue weighted by molar-refractivity contribution is -0.117. The topological polar surface area (TPSA) is 17.1 Å². The fourth-order valence-electron chi connectivity index (χ4n) is 0.813. The molecule has 0 saturated heterocycles. The van der Waals surface area contributed by atoms with E-state index in [1.807, 2.05) is 32.1 Å². The van der Waals surface area contributed by atoms with Crippen LogP contribution in [0.2, 0.25) is 0 Å². The second-order valence-corrected chi connectivity index (χ2v) is 3.52. The molecule has 14 heavy (non-hydrogen) atoms. The molecule has 0 aliphatic heterocycles. The average molecular weight is 192 g/mol. The molecule has 0 aromatic heterocycles. The molecule has 0 fully saturated rings. The first-order valence-corrected chi connectivity index (χ1v) is 5.22. The SMILES string of the molecule is CCCC=CC=CC=CC(=O)C(C)C. The normalized spacial score (nSPS) is 12.6. The van der Waals surface area contributed by atoms with Crippen LogP contribution in [-0.2, 0) is 4.79 Å². The van der Waals surface area contributed by atoms with Gasteiger partial charge in [-0.25, -0.2) is 0 Å². The van der Waals surface area contributed by atoms with E-state index < -0.39 is 0 Å². The van der Waals surface area contributed by atoms with Gasteiger partial charge in [0, 0.05) is 5.92 Å². The van der Waals surface area contributed by atoms with E-state index in [0.717, 1.165) is 6.42 Å². The molecule has 0 aromatic rings. The van der Waals surface area contributed by atoms with Crippen molar-refractivity contribution in [3.8, 4) is 0 Å². The summed E-state index contributed by atoms with van der Waals surface area (Å²) in [4.78, 5) is 11.1. The molecule has 0 radical (unpaired) electrons. The first-order valence-electron chi connectivity index (χ1n) is 5.22. The van der Waals surface area contributed by atoms with Crippen molar-refractivity contribution < 1.29 is 4.79 Å². The summed E-state index contributed by atoms with van der Waals surface area (Å²) in [5.41, 5.74) is 0. The summed E-state index contributed by atoms with van der Waals surface area (Å²) in [6.45, 7) is 5.95. The monoisotopic (exact) mass is 192 g/mol. The Balaban J connectivity index is 3.76. The molecule has 0 spiro atoms. The molecule has 1 nitrogen and oxygen atoms in total. The van der Waals surface area contributed by atoms with Gasteiger partial charge in [0.05, 0.1) is 0 Å².